The van der Waals surface area contributed by atoms with E-state index in [0.29, 0.717) is 17.5 Å². The lowest BCUT2D eigenvalue weighted by atomic mass is 9.92. The van der Waals surface area contributed by atoms with Crippen molar-refractivity contribution in [2.45, 2.75) is 45.8 Å². The molecule has 0 radical (unpaired) electrons. The molecule has 0 saturated carbocycles. The molecule has 2 N–H and O–H groups in total. The number of aromatic nitrogens is 1. The second kappa shape index (κ2) is 6.21. The summed E-state index contributed by atoms with van der Waals surface area (Å²) < 4.78 is 7.84. The summed E-state index contributed by atoms with van der Waals surface area (Å²) in [4.78, 5) is 2.37. The highest BCUT2D eigenvalue weighted by Gasteiger charge is 2.28. The van der Waals surface area contributed by atoms with Gasteiger partial charge in [-0.1, -0.05) is 13.8 Å². The maximum Gasteiger partial charge on any atom is 0.133 e. The van der Waals surface area contributed by atoms with Crippen molar-refractivity contribution < 1.29 is 4.74 Å². The van der Waals surface area contributed by atoms with Crippen molar-refractivity contribution >= 4 is 11.5 Å². The Hall–Kier alpha value is -1.67. The molecule has 1 aromatic heterocycles. The Labute approximate surface area is 132 Å². The Morgan fingerprint density at radius 2 is 2.09 bits per heavy atom. The zero-order valence-corrected chi connectivity index (χ0v) is 13.6. The molecule has 2 saturated heterocycles. The zero-order chi connectivity index (χ0) is 15.7. The molecular weight excluding hydrogens is 276 g/mol. The Morgan fingerprint density at radius 3 is 2.68 bits per heavy atom. The summed E-state index contributed by atoms with van der Waals surface area (Å²) >= 11 is 0. The monoisotopic (exact) mass is 302 g/mol. The SMILES string of the molecule is C[C@@H]1C[C@@H](C)CN(c2c(N)cc(C#N)n2C[C@H]2CCCO2)C1. The highest BCUT2D eigenvalue weighted by Crippen LogP contribution is 2.34. The number of rotatable bonds is 3. The van der Waals surface area contributed by atoms with Crippen molar-refractivity contribution in [1.82, 2.24) is 4.57 Å². The fraction of sp³-hybridized carbons (Fsp3) is 0.706. The van der Waals surface area contributed by atoms with E-state index in [1.54, 1.807) is 0 Å². The number of nitrogens with zero attached hydrogens (tertiary/aromatic N) is 3. The smallest absolute Gasteiger partial charge is 0.133 e. The third kappa shape index (κ3) is 2.93. The summed E-state index contributed by atoms with van der Waals surface area (Å²) in [5, 5.41) is 9.45. The van der Waals surface area contributed by atoms with Crippen LogP contribution in [-0.2, 0) is 11.3 Å². The summed E-state index contributed by atoms with van der Waals surface area (Å²) in [6, 6.07) is 4.11. The van der Waals surface area contributed by atoms with E-state index < -0.39 is 0 Å². The van der Waals surface area contributed by atoms with Crippen LogP contribution >= 0.6 is 0 Å². The molecule has 2 aliphatic heterocycles. The predicted molar refractivity (Wildman–Crippen MR) is 87.7 cm³/mol. The normalized spacial score (nSPS) is 28.8. The molecule has 0 amide bonds. The van der Waals surface area contributed by atoms with Crippen LogP contribution in [0.25, 0.3) is 0 Å². The van der Waals surface area contributed by atoms with Crippen LogP contribution in [0.1, 0.15) is 38.8 Å². The summed E-state index contributed by atoms with van der Waals surface area (Å²) in [6.45, 7) is 8.16. The molecule has 0 spiro atoms. The van der Waals surface area contributed by atoms with Crippen molar-refractivity contribution in [2.75, 3.05) is 30.3 Å². The molecule has 3 atom stereocenters. The number of nitrogen functional groups attached to an aromatic ring is 1. The quantitative estimate of drug-likeness (QED) is 0.932. The van der Waals surface area contributed by atoms with Crippen LogP contribution in [0.5, 0.6) is 0 Å². The van der Waals surface area contributed by atoms with Crippen molar-refractivity contribution in [3.8, 4) is 6.07 Å². The predicted octanol–water partition coefficient (Wildman–Crippen LogP) is 2.60. The molecule has 0 unspecified atom stereocenters. The van der Waals surface area contributed by atoms with Gasteiger partial charge in [0.1, 0.15) is 17.6 Å². The topological polar surface area (TPSA) is 67.2 Å². The van der Waals surface area contributed by atoms with E-state index in [4.69, 9.17) is 10.5 Å². The van der Waals surface area contributed by atoms with Crippen molar-refractivity contribution in [3.63, 3.8) is 0 Å². The van der Waals surface area contributed by atoms with Crippen LogP contribution in [0, 0.1) is 23.2 Å². The van der Waals surface area contributed by atoms with Gasteiger partial charge in [0, 0.05) is 19.7 Å². The molecule has 0 bridgehead atoms. The number of hydrogen-bond acceptors (Lipinski definition) is 4. The maximum absolute atomic E-state index is 9.45. The highest BCUT2D eigenvalue weighted by atomic mass is 16.5. The molecule has 2 aliphatic rings. The molecular formula is C17H26N4O. The molecule has 0 aliphatic carbocycles. The number of piperidine rings is 1. The largest absolute Gasteiger partial charge is 0.396 e. The van der Waals surface area contributed by atoms with Gasteiger partial charge in [-0.15, -0.1) is 0 Å². The molecule has 22 heavy (non-hydrogen) atoms. The lowest BCUT2D eigenvalue weighted by molar-refractivity contribution is 0.0970. The third-order valence-corrected chi connectivity index (χ3v) is 4.79. The van der Waals surface area contributed by atoms with Crippen LogP contribution in [0.15, 0.2) is 6.07 Å². The second-order valence-corrected chi connectivity index (χ2v) is 7.02. The van der Waals surface area contributed by atoms with E-state index in [1.807, 2.05) is 6.07 Å². The number of nitriles is 1. The van der Waals surface area contributed by atoms with Gasteiger partial charge in [0.15, 0.2) is 0 Å². The molecule has 1 aromatic rings. The lowest BCUT2D eigenvalue weighted by Gasteiger charge is -2.37. The van der Waals surface area contributed by atoms with Crippen LogP contribution in [-0.4, -0.2) is 30.4 Å². The number of nitrogens with two attached hydrogens (primary N) is 1. The minimum absolute atomic E-state index is 0.206. The molecule has 0 aromatic carbocycles. The van der Waals surface area contributed by atoms with Crippen LogP contribution < -0.4 is 10.6 Å². The summed E-state index contributed by atoms with van der Waals surface area (Å²) in [6.07, 6.45) is 3.64. The van der Waals surface area contributed by atoms with E-state index in [1.165, 1.54) is 6.42 Å². The number of ether oxygens (including phenoxy) is 1. The Balaban J connectivity index is 1.91. The minimum atomic E-state index is 0.206. The van der Waals surface area contributed by atoms with Crippen molar-refractivity contribution in [1.29, 1.82) is 5.26 Å². The molecule has 5 nitrogen and oxygen atoms in total. The van der Waals surface area contributed by atoms with E-state index >= 15 is 0 Å². The molecule has 3 rings (SSSR count). The van der Waals surface area contributed by atoms with Gasteiger partial charge in [-0.05, 0) is 37.2 Å². The van der Waals surface area contributed by atoms with E-state index in [-0.39, 0.29) is 6.10 Å². The van der Waals surface area contributed by atoms with E-state index in [2.05, 4.69) is 29.4 Å². The van der Waals surface area contributed by atoms with Gasteiger partial charge in [-0.2, -0.15) is 5.26 Å². The Kier molecular flexibility index (Phi) is 4.30. The molecule has 120 valence electrons. The standard InChI is InChI=1S/C17H26N4O/c1-12-6-13(2)10-20(9-12)17-16(19)7-14(8-18)21(17)11-15-4-3-5-22-15/h7,12-13,15H,3-6,9-11,19H2,1-2H3/t12-,13-,15-/m1/s1. The first kappa shape index (κ1) is 15.2. The van der Waals surface area contributed by atoms with Gasteiger partial charge in [0.2, 0.25) is 0 Å². The van der Waals surface area contributed by atoms with Crippen LogP contribution in [0.3, 0.4) is 0 Å². The number of hydrogen-bond donors (Lipinski definition) is 1. The molecule has 5 heteroatoms. The molecule has 2 fully saturated rings. The van der Waals surface area contributed by atoms with Gasteiger partial charge in [-0.3, -0.25) is 0 Å². The molecule has 3 heterocycles. The Morgan fingerprint density at radius 1 is 1.36 bits per heavy atom. The average molecular weight is 302 g/mol. The van der Waals surface area contributed by atoms with Gasteiger partial charge in [-0.25, -0.2) is 0 Å². The highest BCUT2D eigenvalue weighted by molar-refractivity contribution is 5.68. The van der Waals surface area contributed by atoms with Gasteiger partial charge in [0.05, 0.1) is 18.3 Å². The minimum Gasteiger partial charge on any atom is -0.396 e. The van der Waals surface area contributed by atoms with E-state index in [0.717, 1.165) is 50.6 Å². The zero-order valence-electron chi connectivity index (χ0n) is 13.6. The van der Waals surface area contributed by atoms with Crippen LogP contribution in [0.2, 0.25) is 0 Å². The number of anilines is 2. The summed E-state index contributed by atoms with van der Waals surface area (Å²) in [7, 11) is 0. The maximum atomic E-state index is 9.45. The van der Waals surface area contributed by atoms with E-state index in [9.17, 15) is 5.26 Å². The first-order valence-corrected chi connectivity index (χ1v) is 8.34. The van der Waals surface area contributed by atoms with Gasteiger partial charge >= 0.3 is 0 Å². The Bertz CT molecular complexity index is 558. The van der Waals surface area contributed by atoms with Crippen molar-refractivity contribution in [3.05, 3.63) is 11.8 Å². The van der Waals surface area contributed by atoms with Gasteiger partial charge in [0.25, 0.3) is 0 Å². The van der Waals surface area contributed by atoms with Gasteiger partial charge < -0.3 is 19.9 Å². The van der Waals surface area contributed by atoms with Crippen LogP contribution in [0.4, 0.5) is 11.5 Å². The first-order chi connectivity index (χ1) is 10.6. The van der Waals surface area contributed by atoms with Crippen molar-refractivity contribution in [2.24, 2.45) is 11.8 Å². The first-order valence-electron chi connectivity index (χ1n) is 8.34. The second-order valence-electron chi connectivity index (χ2n) is 7.02. The fourth-order valence-electron chi connectivity index (χ4n) is 4.02. The third-order valence-electron chi connectivity index (χ3n) is 4.79. The average Bonchev–Trinajstić information content (AvgIpc) is 3.06. The fourth-order valence-corrected chi connectivity index (χ4v) is 4.02. The lowest BCUT2D eigenvalue weighted by Crippen LogP contribution is -2.40. The summed E-state index contributed by atoms with van der Waals surface area (Å²) in [5.74, 6) is 2.32. The summed E-state index contributed by atoms with van der Waals surface area (Å²) in [5.41, 5.74) is 7.62.